The molecule has 2 N–H and O–H groups in total. The SMILES string of the molecule is CCOc1cc(C(=O)NC2(c3nc(C)cs3)CCC2)ccc1OCC(=O)O. The van der Waals surface area contributed by atoms with Crippen molar-refractivity contribution in [3.8, 4) is 11.5 Å². The standard InChI is InChI=1S/C19H22N2O5S/c1-3-25-15-9-13(5-6-14(15)26-10-16(22)23)17(24)21-19(7-4-8-19)18-20-12(2)11-27-18/h5-6,9,11H,3-4,7-8,10H2,1-2H3,(H,21,24)(H,22,23). The Morgan fingerprint density at radius 2 is 2.07 bits per heavy atom. The summed E-state index contributed by atoms with van der Waals surface area (Å²) in [5.74, 6) is -0.651. The van der Waals surface area contributed by atoms with E-state index in [1.807, 2.05) is 19.2 Å². The number of benzene rings is 1. The van der Waals surface area contributed by atoms with Gasteiger partial charge in [0.05, 0.1) is 12.1 Å². The monoisotopic (exact) mass is 390 g/mol. The van der Waals surface area contributed by atoms with Crippen molar-refractivity contribution >= 4 is 23.2 Å². The maximum absolute atomic E-state index is 12.8. The topological polar surface area (TPSA) is 97.8 Å². The lowest BCUT2D eigenvalue weighted by Crippen LogP contribution is -2.50. The van der Waals surface area contributed by atoms with Crippen molar-refractivity contribution in [2.45, 2.75) is 38.6 Å². The van der Waals surface area contributed by atoms with Crippen LogP contribution in [0.25, 0.3) is 0 Å². The van der Waals surface area contributed by atoms with Gasteiger partial charge in [0.15, 0.2) is 18.1 Å². The second-order valence-electron chi connectivity index (χ2n) is 6.46. The molecule has 1 aliphatic rings. The lowest BCUT2D eigenvalue weighted by atomic mass is 9.77. The summed E-state index contributed by atoms with van der Waals surface area (Å²) in [5, 5.41) is 14.8. The molecule has 1 aromatic carbocycles. The third-order valence-corrected chi connectivity index (χ3v) is 5.61. The summed E-state index contributed by atoms with van der Waals surface area (Å²) in [4.78, 5) is 28.1. The van der Waals surface area contributed by atoms with Crippen LogP contribution in [0.15, 0.2) is 23.6 Å². The van der Waals surface area contributed by atoms with Crippen molar-refractivity contribution in [1.82, 2.24) is 10.3 Å². The summed E-state index contributed by atoms with van der Waals surface area (Å²) in [6.45, 7) is 3.65. The van der Waals surface area contributed by atoms with E-state index in [1.165, 1.54) is 0 Å². The van der Waals surface area contributed by atoms with Crippen LogP contribution in [0.2, 0.25) is 0 Å². The Morgan fingerprint density at radius 3 is 2.63 bits per heavy atom. The number of amides is 1. The van der Waals surface area contributed by atoms with Crippen LogP contribution < -0.4 is 14.8 Å². The molecule has 27 heavy (non-hydrogen) atoms. The van der Waals surface area contributed by atoms with Gasteiger partial charge in [-0.05, 0) is 51.3 Å². The number of hydrogen-bond donors (Lipinski definition) is 2. The summed E-state index contributed by atoms with van der Waals surface area (Å²) < 4.78 is 10.7. The van der Waals surface area contributed by atoms with Crippen LogP contribution >= 0.6 is 11.3 Å². The number of carboxylic acids is 1. The van der Waals surface area contributed by atoms with Crippen LogP contribution in [0.4, 0.5) is 0 Å². The lowest BCUT2D eigenvalue weighted by Gasteiger charge is -2.40. The van der Waals surface area contributed by atoms with Crippen LogP contribution in [0, 0.1) is 6.92 Å². The predicted octanol–water partition coefficient (Wildman–Crippen LogP) is 3.12. The van der Waals surface area contributed by atoms with Crippen molar-refractivity contribution in [3.05, 3.63) is 39.8 Å². The molecule has 1 aliphatic carbocycles. The van der Waals surface area contributed by atoms with E-state index in [4.69, 9.17) is 14.6 Å². The second-order valence-corrected chi connectivity index (χ2v) is 7.32. The third-order valence-electron chi connectivity index (χ3n) is 4.45. The molecule has 1 aromatic heterocycles. The van der Waals surface area contributed by atoms with Gasteiger partial charge in [0.2, 0.25) is 0 Å². The molecule has 0 aliphatic heterocycles. The average Bonchev–Trinajstić information content (AvgIpc) is 3.03. The van der Waals surface area contributed by atoms with E-state index in [0.29, 0.717) is 23.7 Å². The van der Waals surface area contributed by atoms with Crippen molar-refractivity contribution in [3.63, 3.8) is 0 Å². The number of carbonyl (C=O) groups is 2. The van der Waals surface area contributed by atoms with Gasteiger partial charge in [-0.2, -0.15) is 0 Å². The number of aryl methyl sites for hydroxylation is 1. The third kappa shape index (κ3) is 4.21. The van der Waals surface area contributed by atoms with Gasteiger partial charge in [-0.25, -0.2) is 9.78 Å². The Morgan fingerprint density at radius 1 is 1.30 bits per heavy atom. The molecule has 8 heteroatoms. The van der Waals surface area contributed by atoms with Gasteiger partial charge in [-0.1, -0.05) is 0 Å². The van der Waals surface area contributed by atoms with Gasteiger partial charge in [0.25, 0.3) is 5.91 Å². The molecule has 0 spiro atoms. The van der Waals surface area contributed by atoms with Crippen molar-refractivity contribution in [2.24, 2.45) is 0 Å². The number of hydrogen-bond acceptors (Lipinski definition) is 6. The zero-order chi connectivity index (χ0) is 19.4. The van der Waals surface area contributed by atoms with E-state index in [0.717, 1.165) is 30.0 Å². The van der Waals surface area contributed by atoms with Gasteiger partial charge in [-0.3, -0.25) is 4.79 Å². The van der Waals surface area contributed by atoms with Gasteiger partial charge < -0.3 is 19.9 Å². The maximum atomic E-state index is 12.8. The average molecular weight is 390 g/mol. The van der Waals surface area contributed by atoms with E-state index < -0.39 is 18.1 Å². The van der Waals surface area contributed by atoms with Crippen LogP contribution in [-0.4, -0.2) is 35.2 Å². The van der Waals surface area contributed by atoms with Crippen molar-refractivity contribution < 1.29 is 24.2 Å². The number of nitrogens with one attached hydrogen (secondary N) is 1. The van der Waals surface area contributed by atoms with Gasteiger partial charge in [0.1, 0.15) is 5.01 Å². The van der Waals surface area contributed by atoms with Crippen LogP contribution in [0.5, 0.6) is 11.5 Å². The molecule has 2 aromatic rings. The fourth-order valence-corrected chi connectivity index (χ4v) is 3.97. The number of nitrogens with zero attached hydrogens (tertiary/aromatic N) is 1. The van der Waals surface area contributed by atoms with E-state index in [9.17, 15) is 9.59 Å². The molecule has 3 rings (SSSR count). The molecule has 1 amide bonds. The van der Waals surface area contributed by atoms with Crippen LogP contribution in [0.1, 0.15) is 47.2 Å². The first-order valence-electron chi connectivity index (χ1n) is 8.80. The quantitative estimate of drug-likeness (QED) is 0.719. The smallest absolute Gasteiger partial charge is 0.341 e. The summed E-state index contributed by atoms with van der Waals surface area (Å²) >= 11 is 1.57. The number of aliphatic carboxylic acids is 1. The van der Waals surface area contributed by atoms with Gasteiger partial charge >= 0.3 is 5.97 Å². The number of carboxylic acid groups (broad SMARTS) is 1. The Kier molecular flexibility index (Phi) is 5.65. The molecule has 0 saturated heterocycles. The molecule has 0 bridgehead atoms. The van der Waals surface area contributed by atoms with Gasteiger partial charge in [-0.15, -0.1) is 11.3 Å². The highest BCUT2D eigenvalue weighted by Crippen LogP contribution is 2.43. The number of thiazole rings is 1. The molecule has 0 unspecified atom stereocenters. The largest absolute Gasteiger partial charge is 0.490 e. The first-order valence-corrected chi connectivity index (χ1v) is 9.68. The molecule has 0 radical (unpaired) electrons. The number of aromatic nitrogens is 1. The Hall–Kier alpha value is -2.61. The first kappa shape index (κ1) is 19.2. The molecule has 1 saturated carbocycles. The molecule has 1 heterocycles. The predicted molar refractivity (Wildman–Crippen MR) is 101 cm³/mol. The van der Waals surface area contributed by atoms with Crippen LogP contribution in [0.3, 0.4) is 0 Å². The van der Waals surface area contributed by atoms with Gasteiger partial charge in [0, 0.05) is 16.6 Å². The van der Waals surface area contributed by atoms with Crippen molar-refractivity contribution in [1.29, 1.82) is 0 Å². The minimum Gasteiger partial charge on any atom is -0.490 e. The first-order chi connectivity index (χ1) is 12.9. The normalized spacial score (nSPS) is 14.9. The Balaban J connectivity index is 1.79. The fraction of sp³-hybridized carbons (Fsp3) is 0.421. The minimum atomic E-state index is -1.08. The molecular formula is C19H22N2O5S. The highest BCUT2D eigenvalue weighted by atomic mass is 32.1. The van der Waals surface area contributed by atoms with E-state index in [1.54, 1.807) is 29.5 Å². The summed E-state index contributed by atoms with van der Waals surface area (Å²) in [5.41, 5.74) is 0.982. The zero-order valence-corrected chi connectivity index (χ0v) is 16.1. The molecular weight excluding hydrogens is 368 g/mol. The Labute approximate surface area is 161 Å². The minimum absolute atomic E-state index is 0.215. The second kappa shape index (κ2) is 7.96. The molecule has 144 valence electrons. The molecule has 0 atom stereocenters. The number of rotatable bonds is 8. The highest BCUT2D eigenvalue weighted by Gasteiger charge is 2.42. The maximum Gasteiger partial charge on any atom is 0.341 e. The highest BCUT2D eigenvalue weighted by molar-refractivity contribution is 7.09. The number of carbonyl (C=O) groups excluding carboxylic acids is 1. The van der Waals surface area contributed by atoms with E-state index in [2.05, 4.69) is 10.3 Å². The number of ether oxygens (including phenoxy) is 2. The fourth-order valence-electron chi connectivity index (χ4n) is 2.96. The van der Waals surface area contributed by atoms with Crippen LogP contribution in [-0.2, 0) is 10.3 Å². The summed E-state index contributed by atoms with van der Waals surface area (Å²) in [7, 11) is 0. The summed E-state index contributed by atoms with van der Waals surface area (Å²) in [6, 6.07) is 4.74. The Bertz CT molecular complexity index is 844. The summed E-state index contributed by atoms with van der Waals surface area (Å²) in [6.07, 6.45) is 2.78. The lowest BCUT2D eigenvalue weighted by molar-refractivity contribution is -0.139. The molecule has 1 fully saturated rings. The van der Waals surface area contributed by atoms with E-state index >= 15 is 0 Å². The van der Waals surface area contributed by atoms with E-state index in [-0.39, 0.29) is 5.91 Å². The van der Waals surface area contributed by atoms with Crippen molar-refractivity contribution in [2.75, 3.05) is 13.2 Å². The molecule has 7 nitrogen and oxygen atoms in total. The zero-order valence-electron chi connectivity index (χ0n) is 15.3.